The van der Waals surface area contributed by atoms with Crippen LogP contribution in [-0.2, 0) is 10.0 Å². The third-order valence-corrected chi connectivity index (χ3v) is 5.08. The molecule has 1 N–H and O–H groups in total. The van der Waals surface area contributed by atoms with Crippen LogP contribution in [0.25, 0.3) is 11.3 Å². The molecule has 1 atom stereocenters. The van der Waals surface area contributed by atoms with Gasteiger partial charge < -0.3 is 4.42 Å². The van der Waals surface area contributed by atoms with Crippen molar-refractivity contribution in [3.63, 3.8) is 0 Å². The van der Waals surface area contributed by atoms with Crippen LogP contribution < -0.4 is 4.72 Å². The van der Waals surface area contributed by atoms with Crippen molar-refractivity contribution >= 4 is 10.0 Å². The maximum absolute atomic E-state index is 12.5. The lowest BCUT2D eigenvalue weighted by Gasteiger charge is -2.14. The monoisotopic (exact) mass is 308 g/mol. The Morgan fingerprint density at radius 1 is 1.33 bits per heavy atom. The Labute approximate surface area is 125 Å². The number of nitrogens with zero attached hydrogens (tertiary/aromatic N) is 1. The minimum Gasteiger partial charge on any atom is -0.441 e. The Hall–Kier alpha value is -1.66. The molecular formula is C15H20N2O3S. The number of hydrogen-bond donors (Lipinski definition) is 1. The molecule has 114 valence electrons. The van der Waals surface area contributed by atoms with E-state index < -0.39 is 10.0 Å². The van der Waals surface area contributed by atoms with E-state index in [1.165, 1.54) is 0 Å². The average Bonchev–Trinajstić information content (AvgIpc) is 2.85. The van der Waals surface area contributed by atoms with Crippen molar-refractivity contribution in [3.05, 3.63) is 35.9 Å². The topological polar surface area (TPSA) is 72.2 Å². The van der Waals surface area contributed by atoms with Gasteiger partial charge in [-0.2, -0.15) is 0 Å². The Kier molecular flexibility index (Phi) is 4.49. The maximum Gasteiger partial charge on any atom is 0.241 e. The van der Waals surface area contributed by atoms with Gasteiger partial charge in [-0.25, -0.2) is 18.1 Å². The summed E-state index contributed by atoms with van der Waals surface area (Å²) in [6, 6.07) is 5.13. The summed E-state index contributed by atoms with van der Waals surface area (Å²) in [5.41, 5.74) is 1.40. The van der Waals surface area contributed by atoms with Crippen LogP contribution in [-0.4, -0.2) is 19.4 Å². The number of rotatable bonds is 5. The summed E-state index contributed by atoms with van der Waals surface area (Å²) in [5.74, 6) is 1.11. The van der Waals surface area contributed by atoms with Crippen LogP contribution in [0.5, 0.6) is 0 Å². The second-order valence-corrected chi connectivity index (χ2v) is 6.84. The van der Waals surface area contributed by atoms with E-state index in [2.05, 4.69) is 9.71 Å². The number of benzene rings is 1. The molecule has 0 saturated heterocycles. The molecule has 0 amide bonds. The first-order valence-electron chi connectivity index (χ1n) is 6.89. The Balaban J connectivity index is 2.44. The Morgan fingerprint density at radius 3 is 2.62 bits per heavy atom. The summed E-state index contributed by atoms with van der Waals surface area (Å²) in [5, 5.41) is 0. The third kappa shape index (κ3) is 3.51. The lowest BCUT2D eigenvalue weighted by atomic mass is 10.1. The zero-order valence-electron chi connectivity index (χ0n) is 12.7. The predicted molar refractivity (Wildman–Crippen MR) is 81.5 cm³/mol. The second kappa shape index (κ2) is 5.99. The average molecular weight is 308 g/mol. The highest BCUT2D eigenvalue weighted by atomic mass is 32.2. The molecule has 0 aliphatic heterocycles. The van der Waals surface area contributed by atoms with E-state index in [0.29, 0.717) is 22.8 Å². The number of sulfonamides is 1. The van der Waals surface area contributed by atoms with Crippen molar-refractivity contribution in [2.75, 3.05) is 0 Å². The molecule has 1 aromatic heterocycles. The number of aromatic nitrogens is 1. The van der Waals surface area contributed by atoms with Crippen LogP contribution in [0.3, 0.4) is 0 Å². The van der Waals surface area contributed by atoms with E-state index in [9.17, 15) is 8.42 Å². The quantitative estimate of drug-likeness (QED) is 0.921. The van der Waals surface area contributed by atoms with Gasteiger partial charge in [0.25, 0.3) is 0 Å². The molecular weight excluding hydrogens is 288 g/mol. The molecule has 5 nitrogen and oxygen atoms in total. The number of oxazole rings is 1. The summed E-state index contributed by atoms with van der Waals surface area (Å²) < 4.78 is 33.0. The van der Waals surface area contributed by atoms with Crippen LogP contribution in [0.1, 0.15) is 31.7 Å². The molecule has 1 aromatic carbocycles. The van der Waals surface area contributed by atoms with Crippen molar-refractivity contribution in [2.45, 2.75) is 45.1 Å². The number of hydrogen-bond acceptors (Lipinski definition) is 4. The molecule has 21 heavy (non-hydrogen) atoms. The third-order valence-electron chi connectivity index (χ3n) is 3.35. The molecule has 0 bridgehead atoms. The summed E-state index contributed by atoms with van der Waals surface area (Å²) in [6.07, 6.45) is 2.33. The summed E-state index contributed by atoms with van der Waals surface area (Å²) in [4.78, 5) is 4.31. The second-order valence-electron chi connectivity index (χ2n) is 5.15. The van der Waals surface area contributed by atoms with E-state index in [1.807, 2.05) is 19.9 Å². The van der Waals surface area contributed by atoms with Gasteiger partial charge >= 0.3 is 0 Å². The smallest absolute Gasteiger partial charge is 0.241 e. The molecule has 0 aliphatic rings. The molecule has 2 aromatic rings. The van der Waals surface area contributed by atoms with Gasteiger partial charge in [0.1, 0.15) is 0 Å². The lowest BCUT2D eigenvalue weighted by molar-refractivity contribution is 0.534. The predicted octanol–water partition coefficient (Wildman–Crippen LogP) is 3.04. The zero-order chi connectivity index (χ0) is 15.6. The molecule has 0 aliphatic carbocycles. The van der Waals surface area contributed by atoms with Gasteiger partial charge in [0, 0.05) is 18.5 Å². The van der Waals surface area contributed by atoms with E-state index in [4.69, 9.17) is 4.42 Å². The highest BCUT2D eigenvalue weighted by molar-refractivity contribution is 7.89. The standard InChI is InChI=1S/C15H20N2O3S/c1-5-11(3)17-21(18,19)15-8-13(7-6-10(15)2)14-9-16-12(4)20-14/h6-9,11,17H,5H2,1-4H3. The fraction of sp³-hybridized carbons (Fsp3) is 0.400. The van der Waals surface area contributed by atoms with E-state index in [-0.39, 0.29) is 10.9 Å². The van der Waals surface area contributed by atoms with E-state index in [1.54, 1.807) is 32.2 Å². The molecule has 0 spiro atoms. The van der Waals surface area contributed by atoms with Gasteiger partial charge in [0.05, 0.1) is 11.1 Å². The first-order valence-corrected chi connectivity index (χ1v) is 8.37. The van der Waals surface area contributed by atoms with Crippen LogP contribution >= 0.6 is 0 Å². The molecule has 1 unspecified atom stereocenters. The number of nitrogens with one attached hydrogen (secondary N) is 1. The van der Waals surface area contributed by atoms with Gasteiger partial charge in [-0.15, -0.1) is 0 Å². The van der Waals surface area contributed by atoms with E-state index in [0.717, 1.165) is 6.42 Å². The molecule has 2 rings (SSSR count). The van der Waals surface area contributed by atoms with Gasteiger partial charge in [0.15, 0.2) is 11.7 Å². The lowest BCUT2D eigenvalue weighted by Crippen LogP contribution is -2.32. The Bertz CT molecular complexity index is 735. The normalized spacial score (nSPS) is 13.3. The highest BCUT2D eigenvalue weighted by Gasteiger charge is 2.20. The molecule has 6 heteroatoms. The van der Waals surface area contributed by atoms with Crippen LogP contribution in [0.4, 0.5) is 0 Å². The zero-order valence-corrected chi connectivity index (χ0v) is 13.5. The van der Waals surface area contributed by atoms with Crippen molar-refractivity contribution in [1.29, 1.82) is 0 Å². The maximum atomic E-state index is 12.5. The molecule has 0 saturated carbocycles. The SMILES string of the molecule is CCC(C)NS(=O)(=O)c1cc(-c2cnc(C)o2)ccc1C. The fourth-order valence-electron chi connectivity index (χ4n) is 1.95. The van der Waals surface area contributed by atoms with Gasteiger partial charge in [-0.05, 0) is 31.9 Å². The van der Waals surface area contributed by atoms with Crippen molar-refractivity contribution in [1.82, 2.24) is 9.71 Å². The first kappa shape index (κ1) is 15.7. The van der Waals surface area contributed by atoms with Gasteiger partial charge in [-0.1, -0.05) is 19.1 Å². The summed E-state index contributed by atoms with van der Waals surface area (Å²) >= 11 is 0. The fourth-order valence-corrected chi connectivity index (χ4v) is 3.55. The van der Waals surface area contributed by atoms with Gasteiger partial charge in [0.2, 0.25) is 10.0 Å². The van der Waals surface area contributed by atoms with Crippen LogP contribution in [0.15, 0.2) is 33.7 Å². The van der Waals surface area contributed by atoms with Crippen molar-refractivity contribution < 1.29 is 12.8 Å². The van der Waals surface area contributed by atoms with Crippen LogP contribution in [0, 0.1) is 13.8 Å². The van der Waals surface area contributed by atoms with E-state index >= 15 is 0 Å². The van der Waals surface area contributed by atoms with Crippen molar-refractivity contribution in [2.24, 2.45) is 0 Å². The minimum absolute atomic E-state index is 0.106. The molecule has 1 heterocycles. The first-order chi connectivity index (χ1) is 9.83. The van der Waals surface area contributed by atoms with Crippen molar-refractivity contribution in [3.8, 4) is 11.3 Å². The summed E-state index contributed by atoms with van der Waals surface area (Å²) in [6.45, 7) is 7.31. The van der Waals surface area contributed by atoms with Crippen LogP contribution in [0.2, 0.25) is 0 Å². The van der Waals surface area contributed by atoms with Gasteiger partial charge in [-0.3, -0.25) is 0 Å². The molecule has 0 fully saturated rings. The largest absolute Gasteiger partial charge is 0.441 e. The minimum atomic E-state index is -3.54. The Morgan fingerprint density at radius 2 is 2.05 bits per heavy atom. The summed E-state index contributed by atoms with van der Waals surface area (Å²) in [7, 11) is -3.54. The number of aryl methyl sites for hydroxylation is 2. The highest BCUT2D eigenvalue weighted by Crippen LogP contribution is 2.25. The molecule has 0 radical (unpaired) electrons.